The van der Waals surface area contributed by atoms with E-state index in [1.54, 1.807) is 27.0 Å². The molecule has 1 aliphatic carbocycles. The summed E-state index contributed by atoms with van der Waals surface area (Å²) in [4.78, 5) is 57.7. The lowest BCUT2D eigenvalue weighted by Crippen LogP contribution is -2.64. The van der Waals surface area contributed by atoms with Crippen LogP contribution in [0.1, 0.15) is 105 Å². The van der Waals surface area contributed by atoms with Gasteiger partial charge >= 0.3 is 5.97 Å². The van der Waals surface area contributed by atoms with E-state index in [2.05, 4.69) is 6.58 Å². The first-order valence-electron chi connectivity index (χ1n) is 20.8. The Morgan fingerprint density at radius 1 is 0.930 bits per heavy atom. The lowest BCUT2D eigenvalue weighted by atomic mass is 9.81. The van der Waals surface area contributed by atoms with Crippen LogP contribution in [-0.2, 0) is 42.9 Å². The van der Waals surface area contributed by atoms with Gasteiger partial charge in [0.2, 0.25) is 5.79 Å². The van der Waals surface area contributed by atoms with E-state index < -0.39 is 77.9 Å². The first-order valence-corrected chi connectivity index (χ1v) is 20.8. The molecule has 13 nitrogen and oxygen atoms in total. The zero-order chi connectivity index (χ0) is 42.2. The van der Waals surface area contributed by atoms with Crippen molar-refractivity contribution in [3.05, 3.63) is 36.0 Å². The van der Waals surface area contributed by atoms with E-state index in [4.69, 9.17) is 23.7 Å². The van der Waals surface area contributed by atoms with Crippen molar-refractivity contribution in [2.75, 3.05) is 27.9 Å². The smallest absolute Gasteiger partial charge is 0.329 e. The summed E-state index contributed by atoms with van der Waals surface area (Å²) in [6, 6.07) is -1.19. The van der Waals surface area contributed by atoms with Crippen LogP contribution in [0.25, 0.3) is 0 Å². The van der Waals surface area contributed by atoms with Gasteiger partial charge in [-0.2, -0.15) is 0 Å². The molecule has 0 spiro atoms. The largest absolute Gasteiger partial charge is 0.456 e. The Bertz CT molecular complexity index is 1480. The number of carbonyl (C=O) groups is 4. The summed E-state index contributed by atoms with van der Waals surface area (Å²) in [5, 5.41) is 34.0. The summed E-state index contributed by atoms with van der Waals surface area (Å²) in [7, 11) is 4.61. The number of cyclic esters (lactones) is 1. The van der Waals surface area contributed by atoms with Gasteiger partial charge in [-0.3, -0.25) is 14.4 Å². The Hall–Kier alpha value is -2.78. The number of Topliss-reactive ketones (excluding diaryl/α,β-unsaturated/α-hetero) is 2. The first-order chi connectivity index (χ1) is 27.0. The normalized spacial score (nSPS) is 41.0. The fourth-order valence-corrected chi connectivity index (χ4v) is 9.41. The minimum Gasteiger partial charge on any atom is -0.456 e. The summed E-state index contributed by atoms with van der Waals surface area (Å²) in [5.41, 5.74) is 1.63. The van der Waals surface area contributed by atoms with Crippen LogP contribution in [0.5, 0.6) is 0 Å². The number of fused-ring (bicyclic) bond motifs is 3. The molecule has 1 amide bonds. The molecular weight excluding hydrogens is 734 g/mol. The molecule has 322 valence electrons. The van der Waals surface area contributed by atoms with Gasteiger partial charge in [-0.15, -0.1) is 6.58 Å². The van der Waals surface area contributed by atoms with Crippen molar-refractivity contribution in [2.45, 2.75) is 160 Å². The van der Waals surface area contributed by atoms with Crippen LogP contribution in [0.3, 0.4) is 0 Å². The van der Waals surface area contributed by atoms with Crippen LogP contribution in [0.4, 0.5) is 0 Å². The van der Waals surface area contributed by atoms with Crippen LogP contribution >= 0.6 is 0 Å². The molecular formula is C44H69NO12. The van der Waals surface area contributed by atoms with E-state index in [1.165, 1.54) is 19.1 Å². The number of rotatable bonds is 7. The van der Waals surface area contributed by atoms with Crippen molar-refractivity contribution >= 4 is 23.4 Å². The standard InChI is InChI=1S/C44H69NO12/c1-10-11-30-16-17-45-33(22-30)43(51)56-39(27(4)20-31-13-15-34(47)36(23-31)53-7)29(6)35(48)24-32(46)14-12-25(2)18-26(3)19-37(54-8)40-38(55-9)21-28(5)44(52,57-40)41(49)42(45)50/h10,12,20,26,28-31,33-40,47-48,52H,1,11,13-19,21-24H2,2-9H3/b25-12+,27-20?. The molecule has 0 aromatic rings. The lowest BCUT2D eigenvalue weighted by Gasteiger charge is -2.47. The molecule has 3 fully saturated rings. The molecule has 0 aromatic heterocycles. The van der Waals surface area contributed by atoms with Gasteiger partial charge in [0.1, 0.15) is 24.0 Å². The molecule has 3 aliphatic heterocycles. The van der Waals surface area contributed by atoms with E-state index in [-0.39, 0.29) is 61.9 Å². The number of hydrogen-bond acceptors (Lipinski definition) is 12. The second-order valence-electron chi connectivity index (χ2n) is 17.4. The van der Waals surface area contributed by atoms with Crippen molar-refractivity contribution < 1.29 is 58.2 Å². The molecule has 0 aromatic carbocycles. The molecule has 3 N–H and O–H groups in total. The summed E-state index contributed by atoms with van der Waals surface area (Å²) in [5.74, 6) is -7.26. The maximum atomic E-state index is 14.5. The molecule has 13 heteroatoms. The highest BCUT2D eigenvalue weighted by atomic mass is 16.7. The maximum absolute atomic E-state index is 14.5. The molecule has 2 bridgehead atoms. The summed E-state index contributed by atoms with van der Waals surface area (Å²) in [6.07, 6.45) is 4.70. The van der Waals surface area contributed by atoms with E-state index in [0.717, 1.165) is 5.57 Å². The SMILES string of the molecule is C=CCC1CCN2C(=O)C(=O)C3(O)OC(C(OC)CC(C)C/C(C)=C/CC(=O)CC(O)C(C)C(C(C)=CC4CCC(O)C(OC)C4)OC(=O)C2C1)C(OC)CC3C. The number of carbonyl (C=O) groups excluding carboxylic acids is 4. The molecule has 0 radical (unpaired) electrons. The van der Waals surface area contributed by atoms with Crippen molar-refractivity contribution in [1.82, 2.24) is 4.90 Å². The van der Waals surface area contributed by atoms with Crippen LogP contribution in [0, 0.1) is 29.6 Å². The number of piperidine rings is 1. The molecule has 4 rings (SSSR count). The second-order valence-corrected chi connectivity index (χ2v) is 17.4. The van der Waals surface area contributed by atoms with E-state index in [9.17, 15) is 34.5 Å². The van der Waals surface area contributed by atoms with Crippen molar-refractivity contribution in [3.63, 3.8) is 0 Å². The van der Waals surface area contributed by atoms with Gasteiger partial charge in [0.25, 0.3) is 11.7 Å². The van der Waals surface area contributed by atoms with Crippen LogP contribution in [0.2, 0.25) is 0 Å². The van der Waals surface area contributed by atoms with Gasteiger partial charge in [-0.1, -0.05) is 44.6 Å². The van der Waals surface area contributed by atoms with Gasteiger partial charge in [0.05, 0.1) is 30.5 Å². The number of nitrogens with zero attached hydrogens (tertiary/aromatic N) is 1. The number of aliphatic hydroxyl groups is 3. The molecule has 2 saturated heterocycles. The molecule has 14 unspecified atom stereocenters. The highest BCUT2D eigenvalue weighted by Crippen LogP contribution is 2.39. The van der Waals surface area contributed by atoms with Gasteiger partial charge in [0.15, 0.2) is 0 Å². The molecule has 14 atom stereocenters. The number of hydrogen-bond donors (Lipinski definition) is 3. The number of ketones is 2. The highest BCUT2D eigenvalue weighted by Gasteiger charge is 2.57. The summed E-state index contributed by atoms with van der Waals surface area (Å²) in [6.45, 7) is 13.1. The van der Waals surface area contributed by atoms with Crippen LogP contribution < -0.4 is 0 Å². The number of aliphatic hydroxyl groups excluding tert-OH is 2. The third-order valence-corrected chi connectivity index (χ3v) is 13.0. The summed E-state index contributed by atoms with van der Waals surface area (Å²) < 4.78 is 29.8. The monoisotopic (exact) mass is 803 g/mol. The maximum Gasteiger partial charge on any atom is 0.329 e. The number of ether oxygens (including phenoxy) is 5. The zero-order valence-electron chi connectivity index (χ0n) is 35.4. The third-order valence-electron chi connectivity index (χ3n) is 13.0. The van der Waals surface area contributed by atoms with Crippen LogP contribution in [0.15, 0.2) is 36.0 Å². The Morgan fingerprint density at radius 3 is 2.25 bits per heavy atom. The first kappa shape index (κ1) is 46.9. The molecule has 57 heavy (non-hydrogen) atoms. The van der Waals surface area contributed by atoms with Crippen molar-refractivity contribution in [1.29, 1.82) is 0 Å². The number of methoxy groups -OCH3 is 3. The van der Waals surface area contributed by atoms with Crippen molar-refractivity contribution in [3.8, 4) is 0 Å². The van der Waals surface area contributed by atoms with Crippen LogP contribution in [-0.4, -0.2) is 126 Å². The van der Waals surface area contributed by atoms with Gasteiger partial charge in [-0.25, -0.2) is 4.79 Å². The lowest BCUT2D eigenvalue weighted by molar-refractivity contribution is -0.302. The van der Waals surface area contributed by atoms with E-state index >= 15 is 0 Å². The van der Waals surface area contributed by atoms with Gasteiger partial charge < -0.3 is 43.9 Å². The Balaban J connectivity index is 1.77. The Kier molecular flexibility index (Phi) is 17.2. The van der Waals surface area contributed by atoms with E-state index in [0.29, 0.717) is 50.5 Å². The summed E-state index contributed by atoms with van der Waals surface area (Å²) >= 11 is 0. The zero-order valence-corrected chi connectivity index (χ0v) is 35.4. The molecule has 1 saturated carbocycles. The fourth-order valence-electron chi connectivity index (χ4n) is 9.41. The average molecular weight is 804 g/mol. The average Bonchev–Trinajstić information content (AvgIpc) is 3.18. The predicted octanol–water partition coefficient (Wildman–Crippen LogP) is 4.64. The van der Waals surface area contributed by atoms with Crippen molar-refractivity contribution in [2.24, 2.45) is 29.6 Å². The highest BCUT2D eigenvalue weighted by molar-refractivity contribution is 6.39. The fraction of sp³-hybridized carbons (Fsp3) is 0.773. The third kappa shape index (κ3) is 11.5. The molecule has 4 aliphatic rings. The van der Waals surface area contributed by atoms with Gasteiger partial charge in [-0.05, 0) is 95.0 Å². The predicted molar refractivity (Wildman–Crippen MR) is 213 cm³/mol. The minimum absolute atomic E-state index is 0.0107. The Morgan fingerprint density at radius 2 is 1.60 bits per heavy atom. The number of amides is 1. The number of allylic oxidation sites excluding steroid dienone is 4. The minimum atomic E-state index is -2.52. The second kappa shape index (κ2) is 21.0. The Labute approximate surface area is 339 Å². The molecule has 3 heterocycles. The van der Waals surface area contributed by atoms with Gasteiger partial charge in [0, 0.05) is 52.6 Å². The number of esters is 1. The topological polar surface area (TPSA) is 178 Å². The van der Waals surface area contributed by atoms with E-state index in [1.807, 2.05) is 32.9 Å². The quantitative estimate of drug-likeness (QED) is 0.185.